The number of hydrogen-bond acceptors (Lipinski definition) is 7. The van der Waals surface area contributed by atoms with Crippen molar-refractivity contribution < 1.29 is 18.7 Å². The first kappa shape index (κ1) is 23.1. The molecule has 1 saturated heterocycles. The fraction of sp³-hybridized carbons (Fsp3) is 0.542. The molecule has 2 aliphatic rings. The third-order valence-electron chi connectivity index (χ3n) is 6.04. The highest BCUT2D eigenvalue weighted by Gasteiger charge is 2.28. The molecule has 4 rings (SSSR count). The number of halogens is 1. The van der Waals surface area contributed by atoms with Crippen LogP contribution in [0.2, 0.25) is 0 Å². The zero-order chi connectivity index (χ0) is 23.5. The van der Waals surface area contributed by atoms with Crippen molar-refractivity contribution in [2.75, 3.05) is 37.0 Å². The Labute approximate surface area is 194 Å². The number of fused-ring (bicyclic) bond motifs is 1. The summed E-state index contributed by atoms with van der Waals surface area (Å²) in [6.45, 7) is 8.35. The Morgan fingerprint density at radius 3 is 2.58 bits per heavy atom. The molecule has 33 heavy (non-hydrogen) atoms. The maximum atomic E-state index is 14.3. The molecule has 1 N–H and O–H groups in total. The lowest BCUT2D eigenvalue weighted by molar-refractivity contribution is -0.129. The molecule has 0 radical (unpaired) electrons. The van der Waals surface area contributed by atoms with E-state index in [4.69, 9.17) is 19.4 Å². The second kappa shape index (κ2) is 9.80. The molecule has 1 aromatic heterocycles. The van der Waals surface area contributed by atoms with E-state index in [-0.39, 0.29) is 23.8 Å². The minimum Gasteiger partial charge on any atom is -0.497 e. The van der Waals surface area contributed by atoms with Crippen molar-refractivity contribution in [3.05, 3.63) is 35.4 Å². The maximum Gasteiger partial charge on any atom is 0.219 e. The molecule has 1 amide bonds. The van der Waals surface area contributed by atoms with E-state index in [1.165, 1.54) is 13.2 Å². The number of nitrogens with zero attached hydrogens (tertiary/aromatic N) is 4. The fourth-order valence-electron chi connectivity index (χ4n) is 4.25. The van der Waals surface area contributed by atoms with Crippen molar-refractivity contribution in [1.82, 2.24) is 14.9 Å². The van der Waals surface area contributed by atoms with E-state index in [0.29, 0.717) is 25.3 Å². The van der Waals surface area contributed by atoms with E-state index in [9.17, 15) is 9.18 Å². The number of carbonyl (C=O) groups is 1. The van der Waals surface area contributed by atoms with Crippen LogP contribution in [0.3, 0.4) is 0 Å². The first-order chi connectivity index (χ1) is 15.8. The Hall–Kier alpha value is -3.10. The lowest BCUT2D eigenvalue weighted by Crippen LogP contribution is -2.40. The lowest BCUT2D eigenvalue weighted by atomic mass is 10.1. The second-order valence-corrected chi connectivity index (χ2v) is 8.88. The minimum absolute atomic E-state index is 0.0558. The average Bonchev–Trinajstić information content (AvgIpc) is 2.79. The summed E-state index contributed by atoms with van der Waals surface area (Å²) in [5, 5.41) is 3.42. The number of aromatic nitrogens is 2. The van der Waals surface area contributed by atoms with Crippen LogP contribution < -0.4 is 19.7 Å². The largest absolute Gasteiger partial charge is 0.497 e. The Kier molecular flexibility index (Phi) is 6.85. The van der Waals surface area contributed by atoms with Gasteiger partial charge in [0.25, 0.3) is 0 Å². The molecule has 0 saturated carbocycles. The van der Waals surface area contributed by atoms with Gasteiger partial charge in [0.1, 0.15) is 11.9 Å². The van der Waals surface area contributed by atoms with Gasteiger partial charge in [-0.2, -0.15) is 0 Å². The van der Waals surface area contributed by atoms with E-state index in [1.54, 1.807) is 24.0 Å². The van der Waals surface area contributed by atoms with Crippen molar-refractivity contribution in [3.8, 4) is 11.5 Å². The number of ether oxygens (including phenoxy) is 2. The van der Waals surface area contributed by atoms with Crippen molar-refractivity contribution >= 4 is 17.5 Å². The van der Waals surface area contributed by atoms with Gasteiger partial charge in [-0.1, -0.05) is 0 Å². The Morgan fingerprint density at radius 1 is 1.18 bits per heavy atom. The number of nitrogens with one attached hydrogen (secondary N) is 1. The van der Waals surface area contributed by atoms with Gasteiger partial charge in [0, 0.05) is 57.9 Å². The molecule has 2 aromatic rings. The number of piperidine rings is 1. The standard InChI is InChI=1S/C24H32FN5O3/c1-15(2)26-23-24(28-20-9-12-30(16(3)31)14-21(20)27-23)29-10-7-17(8-11-29)33-22-6-5-18(32-4)13-19(22)25/h5-6,13,15,17H,7-12,14H2,1-4H3,(H,26,27). The molecule has 0 spiro atoms. The van der Waals surface area contributed by atoms with E-state index >= 15 is 0 Å². The maximum absolute atomic E-state index is 14.3. The number of amides is 1. The van der Waals surface area contributed by atoms with Crippen molar-refractivity contribution in [2.45, 2.75) is 58.7 Å². The zero-order valence-corrected chi connectivity index (χ0v) is 19.7. The summed E-state index contributed by atoms with van der Waals surface area (Å²) in [7, 11) is 1.51. The molecular weight excluding hydrogens is 425 g/mol. The highest BCUT2D eigenvalue weighted by atomic mass is 19.1. The van der Waals surface area contributed by atoms with Gasteiger partial charge in [0.15, 0.2) is 23.2 Å². The third-order valence-corrected chi connectivity index (χ3v) is 6.04. The number of carbonyl (C=O) groups excluding carboxylic acids is 1. The summed E-state index contributed by atoms with van der Waals surface area (Å²) < 4.78 is 25.3. The van der Waals surface area contributed by atoms with Gasteiger partial charge in [-0.05, 0) is 26.0 Å². The molecular formula is C24H32FN5O3. The average molecular weight is 458 g/mol. The van der Waals surface area contributed by atoms with Crippen LogP contribution >= 0.6 is 0 Å². The molecule has 0 unspecified atom stereocenters. The molecule has 0 aliphatic carbocycles. The Morgan fingerprint density at radius 2 is 1.94 bits per heavy atom. The normalized spacial score (nSPS) is 16.5. The first-order valence-electron chi connectivity index (χ1n) is 11.5. The smallest absolute Gasteiger partial charge is 0.219 e. The lowest BCUT2D eigenvalue weighted by Gasteiger charge is -2.35. The van der Waals surface area contributed by atoms with Gasteiger partial charge in [-0.15, -0.1) is 0 Å². The number of rotatable bonds is 6. The predicted molar refractivity (Wildman–Crippen MR) is 124 cm³/mol. The summed E-state index contributed by atoms with van der Waals surface area (Å²) >= 11 is 0. The van der Waals surface area contributed by atoms with Crippen molar-refractivity contribution in [3.63, 3.8) is 0 Å². The molecule has 0 bridgehead atoms. The molecule has 9 heteroatoms. The van der Waals surface area contributed by atoms with Crippen molar-refractivity contribution in [1.29, 1.82) is 0 Å². The Balaban J connectivity index is 1.47. The molecule has 1 aromatic carbocycles. The number of benzene rings is 1. The van der Waals surface area contributed by atoms with E-state index in [0.717, 1.165) is 49.0 Å². The highest BCUT2D eigenvalue weighted by molar-refractivity contribution is 5.73. The monoisotopic (exact) mass is 457 g/mol. The summed E-state index contributed by atoms with van der Waals surface area (Å²) in [4.78, 5) is 25.7. The summed E-state index contributed by atoms with van der Waals surface area (Å²) in [6.07, 6.45) is 2.14. The van der Waals surface area contributed by atoms with Gasteiger partial charge in [0.2, 0.25) is 5.91 Å². The molecule has 8 nitrogen and oxygen atoms in total. The molecule has 1 fully saturated rings. The number of methoxy groups -OCH3 is 1. The number of anilines is 2. The van der Waals surface area contributed by atoms with Crippen LogP contribution in [0, 0.1) is 5.82 Å². The van der Waals surface area contributed by atoms with Gasteiger partial charge < -0.3 is 24.6 Å². The van der Waals surface area contributed by atoms with Crippen LogP contribution in [0.1, 0.15) is 45.0 Å². The zero-order valence-electron chi connectivity index (χ0n) is 19.7. The molecule has 2 aliphatic heterocycles. The quantitative estimate of drug-likeness (QED) is 0.712. The minimum atomic E-state index is -0.416. The highest BCUT2D eigenvalue weighted by Crippen LogP contribution is 2.31. The van der Waals surface area contributed by atoms with Gasteiger partial charge in [0.05, 0.1) is 25.0 Å². The van der Waals surface area contributed by atoms with Gasteiger partial charge >= 0.3 is 0 Å². The van der Waals surface area contributed by atoms with E-state index in [2.05, 4.69) is 24.1 Å². The molecule has 178 valence electrons. The Bertz CT molecular complexity index is 1010. The van der Waals surface area contributed by atoms with Crippen molar-refractivity contribution in [2.24, 2.45) is 0 Å². The van der Waals surface area contributed by atoms with E-state index in [1.807, 2.05) is 0 Å². The molecule has 3 heterocycles. The third kappa shape index (κ3) is 5.29. The SMILES string of the molecule is COc1ccc(OC2CCN(c3nc4c(nc3NC(C)C)CN(C(C)=O)CC4)CC2)c(F)c1. The van der Waals surface area contributed by atoms with E-state index < -0.39 is 5.82 Å². The fourth-order valence-corrected chi connectivity index (χ4v) is 4.25. The summed E-state index contributed by atoms with van der Waals surface area (Å²) in [5.74, 6) is 1.94. The van der Waals surface area contributed by atoms with Crippen LogP contribution in [-0.2, 0) is 17.8 Å². The van der Waals surface area contributed by atoms with Crippen LogP contribution in [0.25, 0.3) is 0 Å². The first-order valence-corrected chi connectivity index (χ1v) is 11.5. The van der Waals surface area contributed by atoms with Gasteiger partial charge in [-0.3, -0.25) is 4.79 Å². The second-order valence-electron chi connectivity index (χ2n) is 8.88. The topological polar surface area (TPSA) is 79.8 Å². The van der Waals surface area contributed by atoms with Gasteiger partial charge in [-0.25, -0.2) is 14.4 Å². The van der Waals surface area contributed by atoms with Crippen LogP contribution in [-0.4, -0.2) is 59.7 Å². The predicted octanol–water partition coefficient (Wildman–Crippen LogP) is 3.40. The molecule has 0 atom stereocenters. The van der Waals surface area contributed by atoms with Crippen LogP contribution in [0.5, 0.6) is 11.5 Å². The number of hydrogen-bond donors (Lipinski definition) is 1. The van der Waals surface area contributed by atoms with Crippen LogP contribution in [0.4, 0.5) is 16.0 Å². The summed E-state index contributed by atoms with van der Waals surface area (Å²) in [5.41, 5.74) is 1.81. The summed E-state index contributed by atoms with van der Waals surface area (Å²) in [6, 6.07) is 4.85. The van der Waals surface area contributed by atoms with Crippen LogP contribution in [0.15, 0.2) is 18.2 Å².